The molecule has 0 saturated carbocycles. The number of carbonyl (C=O) groups excluding carboxylic acids is 1. The fourth-order valence-corrected chi connectivity index (χ4v) is 2.63. The molecule has 1 amide bonds. The summed E-state index contributed by atoms with van der Waals surface area (Å²) < 4.78 is 32.0. The van der Waals surface area contributed by atoms with Crippen LogP contribution in [-0.2, 0) is 4.74 Å². The first-order chi connectivity index (χ1) is 10.8. The number of nitrogens with one attached hydrogen (secondary N) is 1. The maximum Gasteiger partial charge on any atom is 0.410 e. The molecule has 1 N–H and O–H groups in total. The molecule has 1 aromatic carbocycles. The number of nitrogens with zero attached hydrogens (tertiary/aromatic N) is 1. The summed E-state index contributed by atoms with van der Waals surface area (Å²) in [6, 6.07) is 3.35. The summed E-state index contributed by atoms with van der Waals surface area (Å²) in [7, 11) is 0. The standard InChI is InChI=1S/C17H24F2N2O2/c1-17(2,3)23-16(22)21-9-5-4-6-13(21)11-20-15-8-7-12(18)10-14(15)19/h7-8,10,13,20H,4-6,9,11H2,1-3H3. The van der Waals surface area contributed by atoms with Crippen LogP contribution in [0.3, 0.4) is 0 Å². The van der Waals surface area contributed by atoms with Crippen LogP contribution in [0.25, 0.3) is 0 Å². The van der Waals surface area contributed by atoms with E-state index >= 15 is 0 Å². The Hall–Kier alpha value is -1.85. The maximum atomic E-state index is 13.7. The van der Waals surface area contributed by atoms with Crippen molar-refractivity contribution in [3.63, 3.8) is 0 Å². The summed E-state index contributed by atoms with van der Waals surface area (Å²) in [5, 5.41) is 2.97. The van der Waals surface area contributed by atoms with Crippen LogP contribution in [0.4, 0.5) is 19.3 Å². The van der Waals surface area contributed by atoms with Gasteiger partial charge in [0.25, 0.3) is 0 Å². The topological polar surface area (TPSA) is 41.6 Å². The summed E-state index contributed by atoms with van der Waals surface area (Å²) in [4.78, 5) is 14.0. The Morgan fingerprint density at radius 3 is 2.74 bits per heavy atom. The Labute approximate surface area is 135 Å². The minimum absolute atomic E-state index is 0.0666. The van der Waals surface area contributed by atoms with Gasteiger partial charge in [-0.25, -0.2) is 13.6 Å². The zero-order chi connectivity index (χ0) is 17.0. The van der Waals surface area contributed by atoms with Crippen LogP contribution in [0, 0.1) is 11.6 Å². The van der Waals surface area contributed by atoms with E-state index in [-0.39, 0.29) is 17.8 Å². The quantitative estimate of drug-likeness (QED) is 0.906. The molecule has 0 spiro atoms. The zero-order valence-electron chi connectivity index (χ0n) is 13.9. The molecule has 1 aliphatic rings. The molecule has 0 aromatic heterocycles. The highest BCUT2D eigenvalue weighted by Crippen LogP contribution is 2.22. The van der Waals surface area contributed by atoms with Gasteiger partial charge in [0.05, 0.1) is 11.7 Å². The van der Waals surface area contributed by atoms with Crippen molar-refractivity contribution in [2.45, 2.75) is 51.7 Å². The third kappa shape index (κ3) is 5.08. The highest BCUT2D eigenvalue weighted by molar-refractivity contribution is 5.68. The molecule has 0 aliphatic carbocycles. The Morgan fingerprint density at radius 1 is 1.35 bits per heavy atom. The van der Waals surface area contributed by atoms with E-state index in [4.69, 9.17) is 4.74 Å². The van der Waals surface area contributed by atoms with Crippen molar-refractivity contribution >= 4 is 11.8 Å². The normalized spacial score (nSPS) is 18.7. The number of carbonyl (C=O) groups is 1. The summed E-state index contributed by atoms with van der Waals surface area (Å²) in [6.45, 7) is 6.52. The van der Waals surface area contributed by atoms with Gasteiger partial charge in [-0.1, -0.05) is 0 Å². The highest BCUT2D eigenvalue weighted by Gasteiger charge is 2.30. The predicted molar refractivity (Wildman–Crippen MR) is 85.4 cm³/mol. The fourth-order valence-electron chi connectivity index (χ4n) is 2.63. The molecule has 4 nitrogen and oxygen atoms in total. The molecule has 1 heterocycles. The molecule has 6 heteroatoms. The van der Waals surface area contributed by atoms with E-state index in [1.54, 1.807) is 4.90 Å². The first-order valence-corrected chi connectivity index (χ1v) is 7.95. The smallest absolute Gasteiger partial charge is 0.410 e. The number of piperidine rings is 1. The van der Waals surface area contributed by atoms with Crippen LogP contribution in [-0.4, -0.2) is 35.7 Å². The van der Waals surface area contributed by atoms with E-state index in [9.17, 15) is 13.6 Å². The number of rotatable bonds is 3. The van der Waals surface area contributed by atoms with Crippen LogP contribution in [0.2, 0.25) is 0 Å². The van der Waals surface area contributed by atoms with E-state index in [0.29, 0.717) is 13.1 Å². The third-order valence-corrected chi connectivity index (χ3v) is 3.71. The number of hydrogen-bond acceptors (Lipinski definition) is 3. The third-order valence-electron chi connectivity index (χ3n) is 3.71. The van der Waals surface area contributed by atoms with Gasteiger partial charge in [-0.2, -0.15) is 0 Å². The molecule has 0 bridgehead atoms. The van der Waals surface area contributed by atoms with Gasteiger partial charge in [0.2, 0.25) is 0 Å². The van der Waals surface area contributed by atoms with Crippen molar-refractivity contribution in [2.75, 3.05) is 18.4 Å². The molecule has 1 fully saturated rings. The largest absolute Gasteiger partial charge is 0.444 e. The molecule has 23 heavy (non-hydrogen) atoms. The monoisotopic (exact) mass is 326 g/mol. The van der Waals surface area contributed by atoms with Gasteiger partial charge in [-0.15, -0.1) is 0 Å². The van der Waals surface area contributed by atoms with Gasteiger partial charge >= 0.3 is 6.09 Å². The predicted octanol–water partition coefficient (Wildman–Crippen LogP) is 4.17. The molecule has 1 aromatic rings. The SMILES string of the molecule is CC(C)(C)OC(=O)N1CCCCC1CNc1ccc(F)cc1F. The lowest BCUT2D eigenvalue weighted by Crippen LogP contribution is -2.48. The van der Waals surface area contributed by atoms with Crippen LogP contribution >= 0.6 is 0 Å². The van der Waals surface area contributed by atoms with Gasteiger partial charge in [0.1, 0.15) is 17.2 Å². The number of halogens is 2. The van der Waals surface area contributed by atoms with Crippen molar-refractivity contribution in [3.8, 4) is 0 Å². The minimum atomic E-state index is -0.635. The summed E-state index contributed by atoms with van der Waals surface area (Å²) in [5.41, 5.74) is -0.309. The Morgan fingerprint density at radius 2 is 2.09 bits per heavy atom. The Bertz CT molecular complexity index is 558. The molecular weight excluding hydrogens is 302 g/mol. The molecule has 1 saturated heterocycles. The molecule has 1 unspecified atom stereocenters. The van der Waals surface area contributed by atoms with E-state index < -0.39 is 17.2 Å². The van der Waals surface area contributed by atoms with Gasteiger partial charge in [-0.05, 0) is 52.2 Å². The minimum Gasteiger partial charge on any atom is -0.444 e. The number of likely N-dealkylation sites (tertiary alicyclic amines) is 1. The van der Waals surface area contributed by atoms with Crippen molar-refractivity contribution < 1.29 is 18.3 Å². The molecule has 2 rings (SSSR count). The molecular formula is C17H24F2N2O2. The molecule has 1 aliphatic heterocycles. The lowest BCUT2D eigenvalue weighted by molar-refractivity contribution is 0.0114. The number of amides is 1. The van der Waals surface area contributed by atoms with E-state index in [1.807, 2.05) is 20.8 Å². The molecule has 128 valence electrons. The second kappa shape index (κ2) is 7.15. The van der Waals surface area contributed by atoms with Gasteiger partial charge < -0.3 is 15.0 Å². The molecule has 0 radical (unpaired) electrons. The van der Waals surface area contributed by atoms with Crippen molar-refractivity contribution in [1.29, 1.82) is 0 Å². The highest BCUT2D eigenvalue weighted by atomic mass is 19.1. The number of anilines is 1. The summed E-state index contributed by atoms with van der Waals surface area (Å²) in [6.07, 6.45) is 2.43. The first-order valence-electron chi connectivity index (χ1n) is 7.95. The second-order valence-electron chi connectivity index (χ2n) is 6.83. The number of ether oxygens (including phenoxy) is 1. The number of hydrogen-bond donors (Lipinski definition) is 1. The van der Waals surface area contributed by atoms with Crippen molar-refractivity contribution in [3.05, 3.63) is 29.8 Å². The average molecular weight is 326 g/mol. The van der Waals surface area contributed by atoms with Crippen LogP contribution in [0.15, 0.2) is 18.2 Å². The number of benzene rings is 1. The Kier molecular flexibility index (Phi) is 5.44. The van der Waals surface area contributed by atoms with Gasteiger partial charge in [0.15, 0.2) is 0 Å². The van der Waals surface area contributed by atoms with Crippen molar-refractivity contribution in [1.82, 2.24) is 4.90 Å². The van der Waals surface area contributed by atoms with Gasteiger partial charge in [-0.3, -0.25) is 0 Å². The first kappa shape index (κ1) is 17.5. The fraction of sp³-hybridized carbons (Fsp3) is 0.588. The van der Waals surface area contributed by atoms with Crippen LogP contribution in [0.1, 0.15) is 40.0 Å². The van der Waals surface area contributed by atoms with E-state index in [1.165, 1.54) is 12.1 Å². The van der Waals surface area contributed by atoms with Crippen molar-refractivity contribution in [2.24, 2.45) is 0 Å². The lowest BCUT2D eigenvalue weighted by atomic mass is 10.0. The molecule has 1 atom stereocenters. The van der Waals surface area contributed by atoms with Crippen LogP contribution in [0.5, 0.6) is 0 Å². The van der Waals surface area contributed by atoms with Gasteiger partial charge in [0, 0.05) is 19.2 Å². The Balaban J connectivity index is 1.99. The second-order valence-corrected chi connectivity index (χ2v) is 6.83. The maximum absolute atomic E-state index is 13.7. The summed E-state index contributed by atoms with van der Waals surface area (Å²) in [5.74, 6) is -1.24. The lowest BCUT2D eigenvalue weighted by Gasteiger charge is -2.37. The summed E-state index contributed by atoms with van der Waals surface area (Å²) >= 11 is 0. The average Bonchev–Trinajstić information content (AvgIpc) is 2.45. The van der Waals surface area contributed by atoms with E-state index in [2.05, 4.69) is 5.32 Å². The van der Waals surface area contributed by atoms with Crippen LogP contribution < -0.4 is 5.32 Å². The van der Waals surface area contributed by atoms with E-state index in [0.717, 1.165) is 25.3 Å². The zero-order valence-corrected chi connectivity index (χ0v) is 13.9.